The molecule has 2 N–H and O–H groups in total. The Morgan fingerprint density at radius 1 is 1.20 bits per heavy atom. The monoisotopic (exact) mass is 284 g/mol. The number of carbonyl (C=O) groups is 1. The molecule has 0 saturated heterocycles. The second kappa shape index (κ2) is 11.4. The summed E-state index contributed by atoms with van der Waals surface area (Å²) in [7, 11) is 2.67. The van der Waals surface area contributed by atoms with E-state index in [-0.39, 0.29) is 17.8 Å². The zero-order valence-corrected chi connectivity index (χ0v) is 13.4. The number of aliphatic hydroxyl groups is 2. The molecule has 0 saturated carbocycles. The molecule has 0 heterocycles. The average Bonchev–Trinajstić information content (AvgIpc) is 2.42. The topological polar surface area (TPSA) is 66.8 Å². The van der Waals surface area contributed by atoms with Gasteiger partial charge in [-0.25, -0.2) is 0 Å². The number of methoxy groups -OCH3 is 1. The van der Waals surface area contributed by atoms with Crippen molar-refractivity contribution >= 4 is 5.78 Å². The maximum atomic E-state index is 10.7. The molecule has 0 unspecified atom stereocenters. The van der Waals surface area contributed by atoms with Crippen molar-refractivity contribution in [2.24, 2.45) is 5.41 Å². The van der Waals surface area contributed by atoms with E-state index >= 15 is 0 Å². The Labute approximate surface area is 122 Å². The van der Waals surface area contributed by atoms with Crippen LogP contribution in [0, 0.1) is 12.3 Å². The summed E-state index contributed by atoms with van der Waals surface area (Å²) in [6.07, 6.45) is 0.558. The molecule has 1 aromatic carbocycles. The van der Waals surface area contributed by atoms with Crippen molar-refractivity contribution in [3.63, 3.8) is 0 Å². The van der Waals surface area contributed by atoms with E-state index in [4.69, 9.17) is 14.9 Å². The largest absolute Gasteiger partial charge is 0.497 e. The Morgan fingerprint density at radius 3 is 1.90 bits per heavy atom. The van der Waals surface area contributed by atoms with Gasteiger partial charge < -0.3 is 14.9 Å². The summed E-state index contributed by atoms with van der Waals surface area (Å²) in [5.74, 6) is 1.05. The minimum atomic E-state index is -0.339. The number of aliphatic hydroxyl groups excluding tert-OH is 2. The lowest BCUT2D eigenvalue weighted by atomic mass is 9.86. The number of benzene rings is 1. The minimum absolute atomic E-state index is 0.0899. The van der Waals surface area contributed by atoms with Gasteiger partial charge in [0.15, 0.2) is 0 Å². The molecule has 4 heteroatoms. The van der Waals surface area contributed by atoms with Crippen LogP contribution in [0.3, 0.4) is 0 Å². The lowest BCUT2D eigenvalue weighted by molar-refractivity contribution is -0.125. The van der Waals surface area contributed by atoms with Gasteiger partial charge in [-0.05, 0) is 32.4 Å². The molecule has 0 aliphatic rings. The third-order valence-electron chi connectivity index (χ3n) is 2.95. The van der Waals surface area contributed by atoms with Crippen LogP contribution in [0.1, 0.15) is 32.8 Å². The number of hydrogen-bond donors (Lipinski definition) is 2. The molecule has 0 aliphatic carbocycles. The fourth-order valence-corrected chi connectivity index (χ4v) is 1.13. The quantitative estimate of drug-likeness (QED) is 0.892. The van der Waals surface area contributed by atoms with Crippen LogP contribution in [-0.2, 0) is 4.79 Å². The molecule has 20 heavy (non-hydrogen) atoms. The van der Waals surface area contributed by atoms with Crippen LogP contribution in [0.2, 0.25) is 0 Å². The van der Waals surface area contributed by atoms with Crippen LogP contribution in [0.15, 0.2) is 24.3 Å². The van der Waals surface area contributed by atoms with Crippen molar-refractivity contribution in [1.29, 1.82) is 0 Å². The van der Waals surface area contributed by atoms with Crippen molar-refractivity contribution in [3.8, 4) is 5.75 Å². The highest BCUT2D eigenvalue weighted by molar-refractivity contribution is 5.81. The van der Waals surface area contributed by atoms with Crippen molar-refractivity contribution in [2.45, 2.75) is 34.1 Å². The van der Waals surface area contributed by atoms with Gasteiger partial charge in [0.2, 0.25) is 0 Å². The van der Waals surface area contributed by atoms with E-state index in [0.717, 1.165) is 12.9 Å². The van der Waals surface area contributed by atoms with Crippen molar-refractivity contribution in [3.05, 3.63) is 29.8 Å². The summed E-state index contributed by atoms with van der Waals surface area (Å²) in [5.41, 5.74) is 0.921. The highest BCUT2D eigenvalue weighted by Crippen LogP contribution is 2.19. The molecular formula is C16H28O4. The molecule has 0 spiro atoms. The maximum Gasteiger partial charge on any atom is 0.135 e. The van der Waals surface area contributed by atoms with Gasteiger partial charge in [-0.2, -0.15) is 0 Å². The first-order valence-corrected chi connectivity index (χ1v) is 6.50. The molecule has 116 valence electrons. The molecule has 1 aromatic rings. The van der Waals surface area contributed by atoms with E-state index in [0.29, 0.717) is 6.42 Å². The van der Waals surface area contributed by atoms with Crippen LogP contribution in [0.25, 0.3) is 0 Å². The lowest BCUT2D eigenvalue weighted by Crippen LogP contribution is -2.22. The first kappa shape index (κ1) is 20.9. The molecule has 0 bridgehead atoms. The van der Waals surface area contributed by atoms with E-state index in [9.17, 15) is 4.79 Å². The van der Waals surface area contributed by atoms with Crippen LogP contribution in [0.4, 0.5) is 0 Å². The summed E-state index contributed by atoms with van der Waals surface area (Å²) in [5, 5.41) is 15.5. The number of carbonyl (C=O) groups excluding carboxylic acids is 1. The second-order valence-electron chi connectivity index (χ2n) is 4.93. The number of hydrogen-bond acceptors (Lipinski definition) is 4. The molecule has 4 nitrogen and oxygen atoms in total. The van der Waals surface area contributed by atoms with Crippen molar-refractivity contribution in [2.75, 3.05) is 20.8 Å². The van der Waals surface area contributed by atoms with Gasteiger partial charge in [0.05, 0.1) is 7.11 Å². The standard InChI is InChI=1S/C8H10O.C7H14O2.CH4O/c1-7-3-5-8(9-2)6-4-7;1-6(9)7(2,3)4-5-8;1-2/h3-6H,1-2H3;8H,4-5H2,1-3H3;2H,1H3. The predicted octanol–water partition coefficient (Wildman–Crippen LogP) is 2.60. The summed E-state index contributed by atoms with van der Waals surface area (Å²) in [6.45, 7) is 7.37. The van der Waals surface area contributed by atoms with Crippen LogP contribution in [-0.4, -0.2) is 36.8 Å². The Kier molecular flexibility index (Phi) is 12.0. The van der Waals surface area contributed by atoms with E-state index in [1.807, 2.05) is 38.1 Å². The summed E-state index contributed by atoms with van der Waals surface area (Å²) >= 11 is 0. The van der Waals surface area contributed by atoms with E-state index in [1.54, 1.807) is 14.0 Å². The summed E-state index contributed by atoms with van der Waals surface area (Å²) in [4.78, 5) is 10.7. The smallest absolute Gasteiger partial charge is 0.135 e. The van der Waals surface area contributed by atoms with Crippen molar-refractivity contribution < 1.29 is 19.7 Å². The predicted molar refractivity (Wildman–Crippen MR) is 82.0 cm³/mol. The third kappa shape index (κ3) is 9.53. The molecule has 0 radical (unpaired) electrons. The van der Waals surface area contributed by atoms with Gasteiger partial charge in [0.1, 0.15) is 11.5 Å². The Bertz CT molecular complexity index is 355. The number of ether oxygens (including phenoxy) is 1. The van der Waals surface area contributed by atoms with Gasteiger partial charge >= 0.3 is 0 Å². The van der Waals surface area contributed by atoms with E-state index in [1.165, 1.54) is 5.56 Å². The Morgan fingerprint density at radius 2 is 1.65 bits per heavy atom. The number of Topliss-reactive ketones (excluding diaryl/α,β-unsaturated/α-hetero) is 1. The maximum absolute atomic E-state index is 10.7. The Balaban J connectivity index is 0. The molecule has 0 amide bonds. The number of ketones is 1. The molecular weight excluding hydrogens is 256 g/mol. The van der Waals surface area contributed by atoms with E-state index in [2.05, 4.69) is 6.92 Å². The van der Waals surface area contributed by atoms with Gasteiger partial charge in [-0.1, -0.05) is 31.5 Å². The first-order chi connectivity index (χ1) is 9.33. The zero-order chi connectivity index (χ0) is 16.2. The van der Waals surface area contributed by atoms with Crippen LogP contribution >= 0.6 is 0 Å². The first-order valence-electron chi connectivity index (χ1n) is 6.50. The molecule has 0 aliphatic heterocycles. The molecule has 0 atom stereocenters. The second-order valence-corrected chi connectivity index (χ2v) is 4.93. The summed E-state index contributed by atoms with van der Waals surface area (Å²) < 4.78 is 4.97. The van der Waals surface area contributed by atoms with Gasteiger partial charge in [0.25, 0.3) is 0 Å². The highest BCUT2D eigenvalue weighted by Gasteiger charge is 2.21. The van der Waals surface area contributed by atoms with E-state index < -0.39 is 0 Å². The fraction of sp³-hybridized carbons (Fsp3) is 0.562. The normalized spacial score (nSPS) is 9.60. The zero-order valence-electron chi connectivity index (χ0n) is 13.4. The van der Waals surface area contributed by atoms with Crippen LogP contribution in [0.5, 0.6) is 5.75 Å². The SMILES string of the molecule is CC(=O)C(C)(C)CCO.CO.COc1ccc(C)cc1. The molecule has 1 rings (SSSR count). The minimum Gasteiger partial charge on any atom is -0.497 e. The molecule has 0 fully saturated rings. The number of rotatable bonds is 4. The number of aryl methyl sites for hydroxylation is 1. The van der Waals surface area contributed by atoms with Gasteiger partial charge in [-0.15, -0.1) is 0 Å². The summed E-state index contributed by atoms with van der Waals surface area (Å²) in [6, 6.07) is 7.96. The lowest BCUT2D eigenvalue weighted by Gasteiger charge is -2.18. The Hall–Kier alpha value is -1.39. The molecule has 0 aromatic heterocycles. The van der Waals surface area contributed by atoms with Crippen LogP contribution < -0.4 is 4.74 Å². The highest BCUT2D eigenvalue weighted by atomic mass is 16.5. The van der Waals surface area contributed by atoms with Crippen molar-refractivity contribution in [1.82, 2.24) is 0 Å². The van der Waals surface area contributed by atoms with Gasteiger partial charge in [0, 0.05) is 19.1 Å². The van der Waals surface area contributed by atoms with Gasteiger partial charge in [-0.3, -0.25) is 4.79 Å². The third-order valence-corrected chi connectivity index (χ3v) is 2.95. The average molecular weight is 284 g/mol. The fourth-order valence-electron chi connectivity index (χ4n) is 1.13.